The van der Waals surface area contributed by atoms with E-state index in [1.807, 2.05) is 6.92 Å². The highest BCUT2D eigenvalue weighted by Gasteiger charge is 2.27. The molecule has 0 spiro atoms. The van der Waals surface area contributed by atoms with E-state index in [-0.39, 0.29) is 12.6 Å². The third kappa shape index (κ3) is 6.61. The van der Waals surface area contributed by atoms with Gasteiger partial charge in [0.25, 0.3) is 0 Å². The van der Waals surface area contributed by atoms with E-state index in [1.165, 1.54) is 0 Å². The highest BCUT2D eigenvalue weighted by Crippen LogP contribution is 2.14. The quantitative estimate of drug-likeness (QED) is 0.706. The van der Waals surface area contributed by atoms with Crippen LogP contribution in [0.1, 0.15) is 19.2 Å². The van der Waals surface area contributed by atoms with E-state index in [1.54, 1.807) is 12.4 Å². The number of ether oxygens (including phenoxy) is 1. The summed E-state index contributed by atoms with van der Waals surface area (Å²) in [6.45, 7) is 1.60. The number of aromatic nitrogens is 2. The van der Waals surface area contributed by atoms with Gasteiger partial charge in [-0.05, 0) is 13.0 Å². The molecule has 0 saturated carbocycles. The molecule has 0 amide bonds. The summed E-state index contributed by atoms with van der Waals surface area (Å²) in [4.78, 5) is 7.06. The molecule has 104 valence electrons. The highest BCUT2D eigenvalue weighted by molar-refractivity contribution is 4.91. The second kappa shape index (κ2) is 7.38. The average molecular weight is 265 g/mol. The van der Waals surface area contributed by atoms with Crippen LogP contribution < -0.4 is 5.32 Å². The summed E-state index contributed by atoms with van der Waals surface area (Å²) in [7, 11) is 0. The van der Waals surface area contributed by atoms with Crippen molar-refractivity contribution >= 4 is 0 Å². The Kier molecular flexibility index (Phi) is 6.14. The predicted octanol–water partition coefficient (Wildman–Crippen LogP) is 1.90. The van der Waals surface area contributed by atoms with Gasteiger partial charge in [0.15, 0.2) is 0 Å². The third-order valence-corrected chi connectivity index (χ3v) is 2.36. The van der Waals surface area contributed by atoms with Crippen LogP contribution in [0.15, 0.2) is 12.4 Å². The van der Waals surface area contributed by atoms with Gasteiger partial charge in [-0.3, -0.25) is 0 Å². The number of imidazole rings is 1. The minimum Gasteiger partial charge on any atom is -0.372 e. The molecule has 4 nitrogen and oxygen atoms in total. The molecular formula is C11H18F3N3O. The van der Waals surface area contributed by atoms with Gasteiger partial charge >= 0.3 is 6.18 Å². The molecular weight excluding hydrogens is 247 g/mol. The van der Waals surface area contributed by atoms with Gasteiger partial charge in [0.1, 0.15) is 12.4 Å². The monoisotopic (exact) mass is 265 g/mol. The van der Waals surface area contributed by atoms with Crippen LogP contribution in [0.5, 0.6) is 0 Å². The van der Waals surface area contributed by atoms with E-state index in [4.69, 9.17) is 0 Å². The van der Waals surface area contributed by atoms with E-state index in [0.29, 0.717) is 12.8 Å². The van der Waals surface area contributed by atoms with Gasteiger partial charge < -0.3 is 15.0 Å². The van der Waals surface area contributed by atoms with Crippen molar-refractivity contribution in [1.29, 1.82) is 0 Å². The Balaban J connectivity index is 2.25. The normalized spacial score (nSPS) is 13.8. The van der Waals surface area contributed by atoms with E-state index >= 15 is 0 Å². The van der Waals surface area contributed by atoms with E-state index in [0.717, 1.165) is 12.4 Å². The predicted molar refractivity (Wildman–Crippen MR) is 61.2 cm³/mol. The molecule has 1 atom stereocenters. The smallest absolute Gasteiger partial charge is 0.372 e. The standard InChI is InChI=1S/C11H18F3N3O/c1-2-15-9(7-10-16-4-5-17-10)3-6-18-8-11(12,13)14/h4-5,9,15H,2-3,6-8H2,1H3,(H,16,17). The van der Waals surface area contributed by atoms with Crippen LogP contribution in [-0.4, -0.2) is 41.9 Å². The number of likely N-dealkylation sites (N-methyl/N-ethyl adjacent to an activating group) is 1. The zero-order valence-electron chi connectivity index (χ0n) is 10.3. The summed E-state index contributed by atoms with van der Waals surface area (Å²) in [5.41, 5.74) is 0. The first kappa shape index (κ1) is 15.0. The lowest BCUT2D eigenvalue weighted by molar-refractivity contribution is -0.174. The molecule has 0 aliphatic heterocycles. The molecule has 0 aliphatic rings. The van der Waals surface area contributed by atoms with Gasteiger partial charge in [0, 0.05) is 31.5 Å². The maximum atomic E-state index is 11.9. The van der Waals surface area contributed by atoms with Crippen molar-refractivity contribution in [3.8, 4) is 0 Å². The van der Waals surface area contributed by atoms with Crippen molar-refractivity contribution in [3.05, 3.63) is 18.2 Å². The molecule has 0 fully saturated rings. The third-order valence-electron chi connectivity index (χ3n) is 2.36. The number of aromatic amines is 1. The molecule has 0 aromatic carbocycles. The van der Waals surface area contributed by atoms with Gasteiger partial charge in [-0.2, -0.15) is 13.2 Å². The van der Waals surface area contributed by atoms with Crippen molar-refractivity contribution in [2.45, 2.75) is 32.0 Å². The molecule has 18 heavy (non-hydrogen) atoms. The lowest BCUT2D eigenvalue weighted by Crippen LogP contribution is -2.33. The Morgan fingerprint density at radius 3 is 2.83 bits per heavy atom. The fraction of sp³-hybridized carbons (Fsp3) is 0.727. The van der Waals surface area contributed by atoms with Gasteiger partial charge in [0.05, 0.1) is 0 Å². The van der Waals surface area contributed by atoms with Crippen LogP contribution in [0.3, 0.4) is 0 Å². The lowest BCUT2D eigenvalue weighted by Gasteiger charge is -2.17. The molecule has 0 radical (unpaired) electrons. The summed E-state index contributed by atoms with van der Waals surface area (Å²) in [6.07, 6.45) is 0.284. The molecule has 0 bridgehead atoms. The number of hydrogen-bond donors (Lipinski definition) is 2. The molecule has 1 unspecified atom stereocenters. The van der Waals surface area contributed by atoms with Gasteiger partial charge in [-0.1, -0.05) is 6.92 Å². The van der Waals surface area contributed by atoms with Crippen LogP contribution in [-0.2, 0) is 11.2 Å². The van der Waals surface area contributed by atoms with E-state index in [2.05, 4.69) is 20.0 Å². The van der Waals surface area contributed by atoms with Crippen LogP contribution in [0.25, 0.3) is 0 Å². The van der Waals surface area contributed by atoms with Crippen LogP contribution in [0, 0.1) is 0 Å². The number of halogens is 3. The topological polar surface area (TPSA) is 49.9 Å². The van der Waals surface area contributed by atoms with Gasteiger partial charge in [-0.25, -0.2) is 4.98 Å². The fourth-order valence-corrected chi connectivity index (χ4v) is 1.62. The molecule has 1 rings (SSSR count). The van der Waals surface area contributed by atoms with Crippen LogP contribution in [0.4, 0.5) is 13.2 Å². The van der Waals surface area contributed by atoms with E-state index < -0.39 is 12.8 Å². The Morgan fingerprint density at radius 1 is 1.50 bits per heavy atom. The Morgan fingerprint density at radius 2 is 2.28 bits per heavy atom. The average Bonchev–Trinajstić information content (AvgIpc) is 2.76. The highest BCUT2D eigenvalue weighted by atomic mass is 19.4. The molecule has 1 aromatic rings. The number of rotatable bonds is 8. The maximum absolute atomic E-state index is 11.9. The Bertz CT molecular complexity index is 314. The Labute approximate surface area is 104 Å². The largest absolute Gasteiger partial charge is 0.411 e. The zero-order chi connectivity index (χ0) is 13.4. The number of hydrogen-bond acceptors (Lipinski definition) is 3. The molecule has 7 heteroatoms. The zero-order valence-corrected chi connectivity index (χ0v) is 10.3. The fourth-order valence-electron chi connectivity index (χ4n) is 1.62. The van der Waals surface area contributed by atoms with Gasteiger partial charge in [-0.15, -0.1) is 0 Å². The summed E-state index contributed by atoms with van der Waals surface area (Å²) in [6, 6.07) is 0.0642. The van der Waals surface area contributed by atoms with Crippen molar-refractivity contribution in [1.82, 2.24) is 15.3 Å². The van der Waals surface area contributed by atoms with Crippen LogP contribution >= 0.6 is 0 Å². The Hall–Kier alpha value is -1.08. The molecule has 0 saturated heterocycles. The summed E-state index contributed by atoms with van der Waals surface area (Å²) in [5, 5.41) is 3.20. The first-order valence-corrected chi connectivity index (χ1v) is 5.87. The molecule has 2 N–H and O–H groups in total. The maximum Gasteiger partial charge on any atom is 0.411 e. The van der Waals surface area contributed by atoms with E-state index in [9.17, 15) is 13.2 Å². The van der Waals surface area contributed by atoms with Gasteiger partial charge in [0.2, 0.25) is 0 Å². The number of nitrogens with one attached hydrogen (secondary N) is 2. The summed E-state index contributed by atoms with van der Waals surface area (Å²) >= 11 is 0. The van der Waals surface area contributed by atoms with Crippen molar-refractivity contribution in [2.75, 3.05) is 19.8 Å². The van der Waals surface area contributed by atoms with Crippen molar-refractivity contribution < 1.29 is 17.9 Å². The van der Waals surface area contributed by atoms with Crippen LogP contribution in [0.2, 0.25) is 0 Å². The van der Waals surface area contributed by atoms with Crippen molar-refractivity contribution in [3.63, 3.8) is 0 Å². The number of H-pyrrole nitrogens is 1. The minimum absolute atomic E-state index is 0.0642. The molecule has 1 aromatic heterocycles. The number of nitrogens with zero attached hydrogens (tertiary/aromatic N) is 1. The molecule has 1 heterocycles. The lowest BCUT2D eigenvalue weighted by atomic mass is 10.1. The minimum atomic E-state index is -4.26. The van der Waals surface area contributed by atoms with Crippen molar-refractivity contribution in [2.24, 2.45) is 0 Å². The first-order chi connectivity index (χ1) is 8.51. The second-order valence-corrected chi connectivity index (χ2v) is 3.95. The SMILES string of the molecule is CCNC(CCOCC(F)(F)F)Cc1ncc[nH]1. The summed E-state index contributed by atoms with van der Waals surface area (Å²) in [5.74, 6) is 0.816. The number of alkyl halides is 3. The molecule has 0 aliphatic carbocycles. The summed E-state index contributed by atoms with van der Waals surface area (Å²) < 4.78 is 40.2. The second-order valence-electron chi connectivity index (χ2n) is 3.95. The first-order valence-electron chi connectivity index (χ1n) is 5.87.